The third-order valence-electron chi connectivity index (χ3n) is 7.83. The van der Waals surface area contributed by atoms with Gasteiger partial charge in [-0.25, -0.2) is 0 Å². The van der Waals surface area contributed by atoms with Crippen molar-refractivity contribution in [1.29, 1.82) is 0 Å². The van der Waals surface area contributed by atoms with Gasteiger partial charge in [-0.1, -0.05) is 146 Å². The Morgan fingerprint density at radius 3 is 1.32 bits per heavy atom. The molecule has 0 nitrogen and oxygen atoms in total. The van der Waals surface area contributed by atoms with E-state index in [0.29, 0.717) is 17.8 Å². The number of hydrogen-bond acceptors (Lipinski definition) is 0. The predicted molar refractivity (Wildman–Crippen MR) is 128 cm³/mol. The van der Waals surface area contributed by atoms with Crippen LogP contribution in [-0.2, 0) is 0 Å². The molecule has 156 valence electrons. The van der Waals surface area contributed by atoms with Crippen LogP contribution in [0.1, 0.15) is 140 Å². The summed E-state index contributed by atoms with van der Waals surface area (Å²) in [5, 5.41) is 0. The minimum absolute atomic E-state index is 0.617. The second-order valence-corrected chi connectivity index (χ2v) is 10.9. The standard InChI is InChI=1S/C27H45B/c1-19(2)22-17-25(20(3)4)27(26(18-22)21(5)6)28(23-13-9-7-10-14-23)24-15-11-8-12-16-24/h17-21,23-24H,7-16H2,1-6H3. The van der Waals surface area contributed by atoms with E-state index in [4.69, 9.17) is 0 Å². The molecule has 3 rings (SSSR count). The molecule has 0 unspecified atom stereocenters. The first-order chi connectivity index (χ1) is 13.4. The highest BCUT2D eigenvalue weighted by atomic mass is 14.3. The van der Waals surface area contributed by atoms with Gasteiger partial charge in [0.2, 0.25) is 0 Å². The second-order valence-electron chi connectivity index (χ2n) is 10.9. The molecule has 0 bridgehead atoms. The van der Waals surface area contributed by atoms with Gasteiger partial charge < -0.3 is 0 Å². The average molecular weight is 380 g/mol. The molecule has 0 atom stereocenters. The van der Waals surface area contributed by atoms with Gasteiger partial charge in [0, 0.05) is 0 Å². The van der Waals surface area contributed by atoms with E-state index in [0.717, 1.165) is 18.3 Å². The maximum absolute atomic E-state index is 2.61. The summed E-state index contributed by atoms with van der Waals surface area (Å²) in [7, 11) is 0. The van der Waals surface area contributed by atoms with Crippen LogP contribution in [0.15, 0.2) is 12.1 Å². The van der Waals surface area contributed by atoms with Crippen LogP contribution in [0, 0.1) is 0 Å². The minimum Gasteiger partial charge on any atom is -0.0727 e. The molecule has 1 heteroatoms. The maximum Gasteiger partial charge on any atom is 0.182 e. The third-order valence-corrected chi connectivity index (χ3v) is 7.83. The fraction of sp³-hybridized carbons (Fsp3) is 0.778. The van der Waals surface area contributed by atoms with Crippen LogP contribution >= 0.6 is 0 Å². The summed E-state index contributed by atoms with van der Waals surface area (Å²) in [5.41, 5.74) is 6.75. The second kappa shape index (κ2) is 9.86. The summed E-state index contributed by atoms with van der Waals surface area (Å²) in [6, 6.07) is 5.21. The van der Waals surface area contributed by atoms with E-state index in [9.17, 15) is 0 Å². The van der Waals surface area contributed by atoms with Crippen molar-refractivity contribution in [1.82, 2.24) is 0 Å². The Kier molecular flexibility index (Phi) is 7.74. The first-order valence-electron chi connectivity index (χ1n) is 12.6. The lowest BCUT2D eigenvalue weighted by Crippen LogP contribution is -2.45. The smallest absolute Gasteiger partial charge is 0.0727 e. The Bertz CT molecular complexity index is 568. The van der Waals surface area contributed by atoms with Crippen LogP contribution in [0.3, 0.4) is 0 Å². The summed E-state index contributed by atoms with van der Waals surface area (Å²) in [5.74, 6) is 3.72. The lowest BCUT2D eigenvalue weighted by Gasteiger charge is -2.39. The maximum atomic E-state index is 2.61. The Balaban J connectivity index is 2.15. The predicted octanol–water partition coefficient (Wildman–Crippen LogP) is 8.43. The van der Waals surface area contributed by atoms with Crippen LogP contribution in [0.25, 0.3) is 0 Å². The topological polar surface area (TPSA) is 0 Å². The van der Waals surface area contributed by atoms with Crippen molar-refractivity contribution in [2.45, 2.75) is 135 Å². The fourth-order valence-electron chi connectivity index (χ4n) is 6.24. The third kappa shape index (κ3) is 4.88. The zero-order chi connectivity index (χ0) is 20.3. The highest BCUT2D eigenvalue weighted by Crippen LogP contribution is 2.43. The summed E-state index contributed by atoms with van der Waals surface area (Å²) in [4.78, 5) is 0. The Labute approximate surface area is 176 Å². The number of benzene rings is 1. The largest absolute Gasteiger partial charge is 0.182 e. The van der Waals surface area contributed by atoms with E-state index in [1.807, 2.05) is 5.46 Å². The molecular formula is C27H45B. The SMILES string of the molecule is CC(C)c1cc(C(C)C)c(B(C2CCCCC2)C2CCCCC2)c(C(C)C)c1. The van der Waals surface area contributed by atoms with Crippen molar-refractivity contribution in [2.24, 2.45) is 0 Å². The van der Waals surface area contributed by atoms with Gasteiger partial charge in [-0.05, 0) is 23.3 Å². The van der Waals surface area contributed by atoms with Gasteiger partial charge in [-0.15, -0.1) is 0 Å². The molecule has 0 spiro atoms. The van der Waals surface area contributed by atoms with Gasteiger partial charge in [0.05, 0.1) is 0 Å². The monoisotopic (exact) mass is 380 g/mol. The number of rotatable bonds is 6. The quantitative estimate of drug-likeness (QED) is 0.434. The molecule has 0 saturated heterocycles. The highest BCUT2D eigenvalue weighted by molar-refractivity contribution is 6.76. The summed E-state index contributed by atoms with van der Waals surface area (Å²) in [6.45, 7) is 15.3. The van der Waals surface area contributed by atoms with E-state index in [1.54, 1.807) is 16.7 Å². The molecule has 1 aromatic carbocycles. The van der Waals surface area contributed by atoms with Crippen LogP contribution in [0.2, 0.25) is 11.6 Å². The first kappa shape index (κ1) is 22.0. The van der Waals surface area contributed by atoms with Crippen LogP contribution in [0.5, 0.6) is 0 Å². The Morgan fingerprint density at radius 1 is 0.607 bits per heavy atom. The summed E-state index contributed by atoms with van der Waals surface area (Å²) in [6.07, 6.45) is 14.7. The van der Waals surface area contributed by atoms with Crippen molar-refractivity contribution in [3.63, 3.8) is 0 Å². The molecule has 2 aliphatic rings. The van der Waals surface area contributed by atoms with Gasteiger partial charge in [0.15, 0.2) is 6.71 Å². The van der Waals surface area contributed by atoms with Gasteiger partial charge in [-0.3, -0.25) is 0 Å². The van der Waals surface area contributed by atoms with Crippen LogP contribution in [0.4, 0.5) is 0 Å². The van der Waals surface area contributed by atoms with Crippen LogP contribution < -0.4 is 5.46 Å². The Hall–Kier alpha value is -0.715. The van der Waals surface area contributed by atoms with Gasteiger partial charge >= 0.3 is 0 Å². The molecule has 2 saturated carbocycles. The first-order valence-corrected chi connectivity index (χ1v) is 12.6. The minimum atomic E-state index is 0.617. The molecule has 1 aromatic rings. The molecule has 2 aliphatic carbocycles. The average Bonchev–Trinajstić information content (AvgIpc) is 2.69. The highest BCUT2D eigenvalue weighted by Gasteiger charge is 2.39. The molecule has 0 N–H and O–H groups in total. The van der Waals surface area contributed by atoms with E-state index in [1.165, 1.54) is 64.2 Å². The molecule has 0 aromatic heterocycles. The van der Waals surface area contributed by atoms with Gasteiger partial charge in [-0.2, -0.15) is 0 Å². The van der Waals surface area contributed by atoms with Gasteiger partial charge in [0.25, 0.3) is 0 Å². The van der Waals surface area contributed by atoms with Crippen molar-refractivity contribution in [3.05, 3.63) is 28.8 Å². The molecule has 28 heavy (non-hydrogen) atoms. The molecule has 0 radical (unpaired) electrons. The van der Waals surface area contributed by atoms with E-state index >= 15 is 0 Å². The van der Waals surface area contributed by atoms with Gasteiger partial charge in [0.1, 0.15) is 0 Å². The van der Waals surface area contributed by atoms with Crippen molar-refractivity contribution < 1.29 is 0 Å². The summed E-state index contributed by atoms with van der Waals surface area (Å²) < 4.78 is 0. The zero-order valence-corrected chi connectivity index (χ0v) is 19.7. The molecule has 2 fully saturated rings. The molecule has 0 heterocycles. The lowest BCUT2D eigenvalue weighted by molar-refractivity contribution is 0.464. The number of hydrogen-bond donors (Lipinski definition) is 0. The van der Waals surface area contributed by atoms with E-state index < -0.39 is 0 Å². The van der Waals surface area contributed by atoms with E-state index in [-0.39, 0.29) is 0 Å². The normalized spacial score (nSPS) is 19.8. The Morgan fingerprint density at radius 2 is 1.00 bits per heavy atom. The lowest BCUT2D eigenvalue weighted by atomic mass is 9.26. The fourth-order valence-corrected chi connectivity index (χ4v) is 6.24. The summed E-state index contributed by atoms with van der Waals surface area (Å²) >= 11 is 0. The van der Waals surface area contributed by atoms with Crippen LogP contribution in [-0.4, -0.2) is 6.71 Å². The van der Waals surface area contributed by atoms with Crippen molar-refractivity contribution >= 4 is 12.2 Å². The van der Waals surface area contributed by atoms with Crippen molar-refractivity contribution in [3.8, 4) is 0 Å². The van der Waals surface area contributed by atoms with Crippen molar-refractivity contribution in [2.75, 3.05) is 0 Å². The molecule has 0 amide bonds. The molecular weight excluding hydrogens is 335 g/mol. The van der Waals surface area contributed by atoms with E-state index in [2.05, 4.69) is 53.7 Å². The molecule has 0 aliphatic heterocycles. The zero-order valence-electron chi connectivity index (χ0n) is 19.7.